The molecule has 7 heteroatoms. The van der Waals surface area contributed by atoms with Crippen LogP contribution in [0.1, 0.15) is 33.3 Å². The number of carbonyl (C=O) groups excluding carboxylic acids is 2. The van der Waals surface area contributed by atoms with Crippen molar-refractivity contribution in [1.82, 2.24) is 20.1 Å². The summed E-state index contributed by atoms with van der Waals surface area (Å²) in [5, 5.41) is 7.49. The number of H-pyrrole nitrogens is 1. The quantitative estimate of drug-likeness (QED) is 0.476. The summed E-state index contributed by atoms with van der Waals surface area (Å²) in [6, 6.07) is 17.2. The molecule has 0 aliphatic carbocycles. The van der Waals surface area contributed by atoms with E-state index in [4.69, 9.17) is 0 Å². The molecule has 0 unspecified atom stereocenters. The topological polar surface area (TPSA) is 79.8 Å². The Morgan fingerprint density at radius 2 is 1.83 bits per heavy atom. The second-order valence-corrected chi connectivity index (χ2v) is 6.83. The van der Waals surface area contributed by atoms with Crippen LogP contribution in [0, 0.1) is 5.82 Å². The van der Waals surface area contributed by atoms with Gasteiger partial charge in [0.25, 0.3) is 5.91 Å². The van der Waals surface area contributed by atoms with Crippen molar-refractivity contribution in [2.24, 2.45) is 0 Å². The lowest BCUT2D eigenvalue weighted by molar-refractivity contribution is 0.0946. The van der Waals surface area contributed by atoms with Gasteiger partial charge in [-0.15, -0.1) is 0 Å². The second-order valence-electron chi connectivity index (χ2n) is 6.83. The first kappa shape index (κ1) is 19.3. The van der Waals surface area contributed by atoms with E-state index in [1.54, 1.807) is 16.8 Å². The fourth-order valence-corrected chi connectivity index (χ4v) is 3.10. The number of rotatable bonds is 6. The van der Waals surface area contributed by atoms with Crippen molar-refractivity contribution in [3.63, 3.8) is 0 Å². The molecule has 0 atom stereocenters. The number of para-hydroxylation sites is 1. The van der Waals surface area contributed by atoms with Crippen molar-refractivity contribution < 1.29 is 14.0 Å². The smallest absolute Gasteiger partial charge is 0.267 e. The Kier molecular flexibility index (Phi) is 5.26. The molecular weight excluding hydrogens is 383 g/mol. The van der Waals surface area contributed by atoms with E-state index in [1.807, 2.05) is 36.5 Å². The van der Waals surface area contributed by atoms with Gasteiger partial charge in [0.05, 0.1) is 11.4 Å². The number of aromatic amines is 1. The summed E-state index contributed by atoms with van der Waals surface area (Å²) in [7, 11) is 0. The Bertz CT molecular complexity index is 1190. The largest absolute Gasteiger partial charge is 0.356 e. The Morgan fingerprint density at radius 1 is 1.10 bits per heavy atom. The van der Waals surface area contributed by atoms with Gasteiger partial charge >= 0.3 is 0 Å². The van der Waals surface area contributed by atoms with Gasteiger partial charge in [0.2, 0.25) is 0 Å². The number of halogens is 1. The molecule has 4 aromatic rings. The van der Waals surface area contributed by atoms with Crippen LogP contribution in [0.5, 0.6) is 0 Å². The maximum Gasteiger partial charge on any atom is 0.267 e. The van der Waals surface area contributed by atoms with E-state index in [0.29, 0.717) is 17.0 Å². The summed E-state index contributed by atoms with van der Waals surface area (Å²) in [6.07, 6.45) is 3.35. The number of Topliss-reactive ketones (excluding diaryl/α,β-unsaturated/α-hetero) is 1. The molecule has 2 aromatic carbocycles. The fraction of sp³-hybridized carbons (Fsp3) is 0.0870. The molecule has 2 heterocycles. The van der Waals surface area contributed by atoms with E-state index in [9.17, 15) is 14.0 Å². The maximum absolute atomic E-state index is 13.4. The van der Waals surface area contributed by atoms with Gasteiger partial charge in [0.1, 0.15) is 11.5 Å². The van der Waals surface area contributed by atoms with E-state index in [2.05, 4.69) is 15.4 Å². The van der Waals surface area contributed by atoms with Gasteiger partial charge in [-0.2, -0.15) is 5.10 Å². The van der Waals surface area contributed by atoms with E-state index in [-0.39, 0.29) is 24.1 Å². The number of amides is 1. The molecule has 2 N–H and O–H groups in total. The number of carbonyl (C=O) groups is 2. The van der Waals surface area contributed by atoms with Gasteiger partial charge in [0.15, 0.2) is 5.78 Å². The van der Waals surface area contributed by atoms with Crippen LogP contribution in [-0.2, 0) is 6.54 Å². The Morgan fingerprint density at radius 3 is 2.50 bits per heavy atom. The molecule has 1 amide bonds. The molecule has 150 valence electrons. The summed E-state index contributed by atoms with van der Waals surface area (Å²) in [5.41, 5.74) is 3.79. The third kappa shape index (κ3) is 4.05. The normalized spacial score (nSPS) is 10.7. The fourth-order valence-electron chi connectivity index (χ4n) is 3.10. The van der Waals surface area contributed by atoms with Crippen LogP contribution in [-0.4, -0.2) is 26.5 Å². The standard InChI is InChI=1S/C23H19FN4O2/c1-15(29)17-11-21(25-12-17)23(30)26-13-18-14-28(20-5-3-2-4-6-20)27-22(18)16-7-9-19(24)10-8-16/h2-12,14,25H,13H2,1H3,(H,26,30). The highest BCUT2D eigenvalue weighted by atomic mass is 19.1. The molecule has 0 saturated heterocycles. The van der Waals surface area contributed by atoms with E-state index < -0.39 is 0 Å². The first-order valence-electron chi connectivity index (χ1n) is 9.39. The number of nitrogens with one attached hydrogen (secondary N) is 2. The zero-order valence-corrected chi connectivity index (χ0v) is 16.2. The van der Waals surface area contributed by atoms with Gasteiger partial charge in [-0.1, -0.05) is 18.2 Å². The summed E-state index contributed by atoms with van der Waals surface area (Å²) >= 11 is 0. The number of hydrogen-bond donors (Lipinski definition) is 2. The minimum absolute atomic E-state index is 0.118. The number of benzene rings is 2. The second kappa shape index (κ2) is 8.16. The predicted octanol–water partition coefficient (Wildman–Crippen LogP) is 4.14. The SMILES string of the molecule is CC(=O)c1c[nH]c(C(=O)NCc2cn(-c3ccccc3)nc2-c2ccc(F)cc2)c1. The number of nitrogens with zero attached hydrogens (tertiary/aromatic N) is 2. The third-order valence-electron chi connectivity index (χ3n) is 4.70. The van der Waals surface area contributed by atoms with Crippen molar-refractivity contribution >= 4 is 11.7 Å². The first-order valence-corrected chi connectivity index (χ1v) is 9.39. The average Bonchev–Trinajstić information content (AvgIpc) is 3.41. The van der Waals surface area contributed by atoms with Gasteiger partial charge < -0.3 is 10.3 Å². The van der Waals surface area contributed by atoms with Crippen molar-refractivity contribution in [3.05, 3.63) is 95.7 Å². The summed E-state index contributed by atoms with van der Waals surface area (Å²) in [4.78, 5) is 26.7. The van der Waals surface area contributed by atoms with E-state index in [1.165, 1.54) is 31.3 Å². The van der Waals surface area contributed by atoms with Crippen LogP contribution in [0.4, 0.5) is 4.39 Å². The van der Waals surface area contributed by atoms with E-state index >= 15 is 0 Å². The number of ketones is 1. The molecule has 4 rings (SSSR count). The van der Waals surface area contributed by atoms with Crippen molar-refractivity contribution in [2.75, 3.05) is 0 Å². The molecule has 0 aliphatic heterocycles. The lowest BCUT2D eigenvalue weighted by atomic mass is 10.1. The summed E-state index contributed by atoms with van der Waals surface area (Å²) < 4.78 is 15.1. The molecule has 0 saturated carbocycles. The minimum atomic E-state index is -0.333. The Balaban J connectivity index is 1.62. The van der Waals surface area contributed by atoms with Crippen LogP contribution < -0.4 is 5.32 Å². The highest BCUT2D eigenvalue weighted by Gasteiger charge is 2.15. The molecule has 0 fully saturated rings. The lowest BCUT2D eigenvalue weighted by Crippen LogP contribution is -2.23. The predicted molar refractivity (Wildman–Crippen MR) is 111 cm³/mol. The van der Waals surface area contributed by atoms with Gasteiger partial charge in [-0.3, -0.25) is 9.59 Å². The molecule has 6 nitrogen and oxygen atoms in total. The van der Waals surface area contributed by atoms with E-state index in [0.717, 1.165) is 16.8 Å². The zero-order chi connectivity index (χ0) is 21.1. The van der Waals surface area contributed by atoms with Crippen molar-refractivity contribution in [2.45, 2.75) is 13.5 Å². The molecule has 0 radical (unpaired) electrons. The molecule has 30 heavy (non-hydrogen) atoms. The molecule has 0 spiro atoms. The highest BCUT2D eigenvalue weighted by molar-refractivity contribution is 5.99. The average molecular weight is 402 g/mol. The Hall–Kier alpha value is -4.00. The number of aromatic nitrogens is 3. The molecular formula is C23H19FN4O2. The van der Waals surface area contributed by atoms with Gasteiger partial charge in [-0.05, 0) is 49.4 Å². The van der Waals surface area contributed by atoms with Crippen LogP contribution in [0.2, 0.25) is 0 Å². The minimum Gasteiger partial charge on any atom is -0.356 e. The van der Waals surface area contributed by atoms with Gasteiger partial charge in [-0.25, -0.2) is 9.07 Å². The first-order chi connectivity index (χ1) is 14.5. The van der Waals surface area contributed by atoms with Crippen LogP contribution >= 0.6 is 0 Å². The lowest BCUT2D eigenvalue weighted by Gasteiger charge is -2.05. The molecule has 2 aromatic heterocycles. The zero-order valence-electron chi connectivity index (χ0n) is 16.2. The van der Waals surface area contributed by atoms with Crippen LogP contribution in [0.25, 0.3) is 16.9 Å². The van der Waals surface area contributed by atoms with Crippen LogP contribution in [0.15, 0.2) is 73.1 Å². The maximum atomic E-state index is 13.4. The van der Waals surface area contributed by atoms with Crippen LogP contribution in [0.3, 0.4) is 0 Å². The van der Waals surface area contributed by atoms with Crippen molar-refractivity contribution in [1.29, 1.82) is 0 Å². The Labute approximate surface area is 172 Å². The van der Waals surface area contributed by atoms with Crippen molar-refractivity contribution in [3.8, 4) is 16.9 Å². The highest BCUT2D eigenvalue weighted by Crippen LogP contribution is 2.24. The third-order valence-corrected chi connectivity index (χ3v) is 4.70. The monoisotopic (exact) mass is 402 g/mol. The molecule has 0 aliphatic rings. The molecule has 0 bridgehead atoms. The summed E-state index contributed by atoms with van der Waals surface area (Å²) in [5.74, 6) is -0.780. The number of hydrogen-bond acceptors (Lipinski definition) is 3. The van der Waals surface area contributed by atoms with Gasteiger partial charge in [0, 0.05) is 35.6 Å². The summed E-state index contributed by atoms with van der Waals surface area (Å²) in [6.45, 7) is 1.66.